The summed E-state index contributed by atoms with van der Waals surface area (Å²) < 4.78 is 37.1. The van der Waals surface area contributed by atoms with Gasteiger partial charge in [0.15, 0.2) is 5.60 Å². The Labute approximate surface area is 92.6 Å². The van der Waals surface area contributed by atoms with Gasteiger partial charge in [0.2, 0.25) is 0 Å². The Morgan fingerprint density at radius 3 is 1.93 bits per heavy atom. The Hall–Kier alpha value is -0.0000000000000000486. The minimum absolute atomic E-state index is 0. The van der Waals surface area contributed by atoms with E-state index in [0.29, 0.717) is 0 Å². The lowest BCUT2D eigenvalue weighted by atomic mass is 9.55. The second-order valence-electron chi connectivity index (χ2n) is 4.63. The number of alkyl halides is 3. The standard InChI is InChI=1S/C9H14F3NO.ClH/c10-9(11,12)8(14)5-7(6-8)1-3-13-4-2-7;/h13-14H,1-6H2;1H. The molecule has 0 radical (unpaired) electrons. The molecule has 0 amide bonds. The topological polar surface area (TPSA) is 32.3 Å². The van der Waals surface area contributed by atoms with Crippen molar-refractivity contribution in [3.8, 4) is 0 Å². The van der Waals surface area contributed by atoms with Crippen molar-refractivity contribution in [3.63, 3.8) is 0 Å². The number of rotatable bonds is 0. The van der Waals surface area contributed by atoms with Crippen molar-refractivity contribution in [2.24, 2.45) is 5.41 Å². The number of nitrogens with one attached hydrogen (secondary N) is 1. The third kappa shape index (κ3) is 2.10. The Kier molecular flexibility index (Phi) is 3.30. The molecule has 2 fully saturated rings. The van der Waals surface area contributed by atoms with Gasteiger partial charge in [0, 0.05) is 0 Å². The Balaban J connectivity index is 0.00000112. The summed E-state index contributed by atoms with van der Waals surface area (Å²) in [7, 11) is 0. The maximum Gasteiger partial charge on any atom is 0.417 e. The third-order valence-electron chi connectivity index (χ3n) is 3.53. The van der Waals surface area contributed by atoms with E-state index in [-0.39, 0.29) is 30.7 Å². The smallest absolute Gasteiger partial charge is 0.380 e. The molecule has 1 aliphatic carbocycles. The number of piperidine rings is 1. The fourth-order valence-electron chi connectivity index (χ4n) is 2.70. The zero-order valence-corrected chi connectivity index (χ0v) is 9.05. The van der Waals surface area contributed by atoms with Gasteiger partial charge in [-0.15, -0.1) is 12.4 Å². The molecule has 1 saturated heterocycles. The summed E-state index contributed by atoms with van der Waals surface area (Å²) in [5.41, 5.74) is -2.64. The molecule has 1 heterocycles. The number of hydrogen-bond acceptors (Lipinski definition) is 2. The van der Waals surface area contributed by atoms with Crippen LogP contribution in [0.15, 0.2) is 0 Å². The van der Waals surface area contributed by atoms with Crippen LogP contribution in [-0.2, 0) is 0 Å². The van der Waals surface area contributed by atoms with Gasteiger partial charge in [-0.05, 0) is 44.2 Å². The monoisotopic (exact) mass is 245 g/mol. The van der Waals surface area contributed by atoms with Crippen molar-refractivity contribution in [1.82, 2.24) is 5.32 Å². The maximum atomic E-state index is 12.4. The summed E-state index contributed by atoms with van der Waals surface area (Å²) in [4.78, 5) is 0. The molecule has 2 aliphatic rings. The average Bonchev–Trinajstić information content (AvgIpc) is 2.01. The molecule has 1 spiro atoms. The molecule has 0 atom stereocenters. The predicted octanol–water partition coefficient (Wildman–Crippen LogP) is 1.87. The molecule has 15 heavy (non-hydrogen) atoms. The van der Waals surface area contributed by atoms with Gasteiger partial charge < -0.3 is 10.4 Å². The van der Waals surface area contributed by atoms with E-state index in [0.717, 1.165) is 25.9 Å². The Bertz CT molecular complexity index is 230. The molecule has 0 unspecified atom stereocenters. The molecule has 1 saturated carbocycles. The van der Waals surface area contributed by atoms with Gasteiger partial charge in [0.1, 0.15) is 0 Å². The molecular formula is C9H15ClF3NO. The van der Waals surface area contributed by atoms with Crippen molar-refractivity contribution in [3.05, 3.63) is 0 Å². The molecule has 2 rings (SSSR count). The average molecular weight is 246 g/mol. The largest absolute Gasteiger partial charge is 0.417 e. The van der Waals surface area contributed by atoms with Crippen molar-refractivity contribution in [2.45, 2.75) is 37.5 Å². The van der Waals surface area contributed by atoms with E-state index in [1.54, 1.807) is 0 Å². The third-order valence-corrected chi connectivity index (χ3v) is 3.53. The Morgan fingerprint density at radius 1 is 1.07 bits per heavy atom. The first kappa shape index (κ1) is 13.1. The number of halogens is 4. The minimum Gasteiger partial charge on any atom is -0.380 e. The lowest BCUT2D eigenvalue weighted by Crippen LogP contribution is -2.62. The molecule has 2 nitrogen and oxygen atoms in total. The minimum atomic E-state index is -4.46. The van der Waals surface area contributed by atoms with Crippen LogP contribution in [0.25, 0.3) is 0 Å². The summed E-state index contributed by atoms with van der Waals surface area (Å²) in [5, 5.41) is 12.4. The summed E-state index contributed by atoms with van der Waals surface area (Å²) in [5.74, 6) is 0. The summed E-state index contributed by atoms with van der Waals surface area (Å²) >= 11 is 0. The van der Waals surface area contributed by atoms with E-state index >= 15 is 0 Å². The van der Waals surface area contributed by atoms with Crippen molar-refractivity contribution < 1.29 is 18.3 Å². The van der Waals surface area contributed by atoms with Crippen LogP contribution in [0.1, 0.15) is 25.7 Å². The van der Waals surface area contributed by atoms with Crippen LogP contribution in [0.5, 0.6) is 0 Å². The summed E-state index contributed by atoms with van der Waals surface area (Å²) in [6.07, 6.45) is -3.16. The predicted molar refractivity (Wildman–Crippen MR) is 52.0 cm³/mol. The van der Waals surface area contributed by atoms with Crippen LogP contribution in [0.4, 0.5) is 13.2 Å². The van der Waals surface area contributed by atoms with Gasteiger partial charge in [0.25, 0.3) is 0 Å². The van der Waals surface area contributed by atoms with E-state index in [4.69, 9.17) is 0 Å². The number of hydrogen-bond donors (Lipinski definition) is 2. The van der Waals surface area contributed by atoms with Crippen molar-refractivity contribution >= 4 is 12.4 Å². The van der Waals surface area contributed by atoms with Gasteiger partial charge in [-0.3, -0.25) is 0 Å². The SMILES string of the molecule is Cl.OC1(C(F)(F)F)CC2(CCNCC2)C1. The first-order valence-electron chi connectivity index (χ1n) is 4.87. The van der Waals surface area contributed by atoms with E-state index < -0.39 is 11.8 Å². The van der Waals surface area contributed by atoms with Crippen LogP contribution in [0.2, 0.25) is 0 Å². The van der Waals surface area contributed by atoms with Gasteiger partial charge in [-0.1, -0.05) is 0 Å². The van der Waals surface area contributed by atoms with Crippen LogP contribution in [0.3, 0.4) is 0 Å². The fraction of sp³-hybridized carbons (Fsp3) is 1.00. The summed E-state index contributed by atoms with van der Waals surface area (Å²) in [6, 6.07) is 0. The van der Waals surface area contributed by atoms with Crippen molar-refractivity contribution in [1.29, 1.82) is 0 Å². The molecular weight excluding hydrogens is 231 g/mol. The molecule has 90 valence electrons. The highest BCUT2D eigenvalue weighted by Crippen LogP contribution is 2.59. The lowest BCUT2D eigenvalue weighted by Gasteiger charge is -2.55. The molecule has 6 heteroatoms. The quantitative estimate of drug-likeness (QED) is 0.683. The van der Waals surface area contributed by atoms with Crippen LogP contribution in [0, 0.1) is 5.41 Å². The maximum absolute atomic E-state index is 12.4. The van der Waals surface area contributed by atoms with Crippen LogP contribution >= 0.6 is 12.4 Å². The van der Waals surface area contributed by atoms with Gasteiger partial charge in [-0.2, -0.15) is 13.2 Å². The first-order chi connectivity index (χ1) is 6.37. The number of aliphatic hydroxyl groups is 1. The Morgan fingerprint density at radius 2 is 1.53 bits per heavy atom. The van der Waals surface area contributed by atoms with E-state index in [1.807, 2.05) is 0 Å². The second-order valence-corrected chi connectivity index (χ2v) is 4.63. The highest BCUT2D eigenvalue weighted by Gasteiger charge is 2.66. The van der Waals surface area contributed by atoms with Crippen LogP contribution < -0.4 is 5.32 Å². The summed E-state index contributed by atoms with van der Waals surface area (Å²) in [6.45, 7) is 1.54. The van der Waals surface area contributed by atoms with Gasteiger partial charge in [0.05, 0.1) is 0 Å². The fourth-order valence-corrected chi connectivity index (χ4v) is 2.70. The van der Waals surface area contributed by atoms with Crippen molar-refractivity contribution in [2.75, 3.05) is 13.1 Å². The van der Waals surface area contributed by atoms with E-state index in [1.165, 1.54) is 0 Å². The highest BCUT2D eigenvalue weighted by atomic mass is 35.5. The van der Waals surface area contributed by atoms with Gasteiger partial charge >= 0.3 is 6.18 Å². The first-order valence-corrected chi connectivity index (χ1v) is 4.87. The lowest BCUT2D eigenvalue weighted by molar-refractivity contribution is -0.319. The molecule has 0 aromatic heterocycles. The normalized spacial score (nSPS) is 28.0. The van der Waals surface area contributed by atoms with Gasteiger partial charge in [-0.25, -0.2) is 0 Å². The molecule has 1 aliphatic heterocycles. The zero-order chi connectivity index (χ0) is 10.4. The molecule has 2 N–H and O–H groups in total. The zero-order valence-electron chi connectivity index (χ0n) is 8.23. The molecule has 0 aromatic carbocycles. The van der Waals surface area contributed by atoms with E-state index in [9.17, 15) is 18.3 Å². The molecule has 0 bridgehead atoms. The highest BCUT2D eigenvalue weighted by molar-refractivity contribution is 5.85. The molecule has 0 aromatic rings. The van der Waals surface area contributed by atoms with E-state index in [2.05, 4.69) is 5.32 Å². The second kappa shape index (κ2) is 3.79. The van der Waals surface area contributed by atoms with Crippen LogP contribution in [-0.4, -0.2) is 30.0 Å².